The number of rotatable bonds is 20. The fourth-order valence-electron chi connectivity index (χ4n) is 16.8. The van der Waals surface area contributed by atoms with Crippen LogP contribution in [-0.2, 0) is 47.8 Å². The molecule has 10 amide bonds. The van der Waals surface area contributed by atoms with Crippen molar-refractivity contribution in [1.82, 2.24) is 47.9 Å². The van der Waals surface area contributed by atoms with E-state index in [0.29, 0.717) is 18.3 Å². The van der Waals surface area contributed by atoms with E-state index in [9.17, 15) is 60.0 Å². The second-order valence-corrected chi connectivity index (χ2v) is 33.5. The zero-order valence-corrected chi connectivity index (χ0v) is 67.1. The van der Waals surface area contributed by atoms with Gasteiger partial charge in [-0.2, -0.15) is 0 Å². The smallest absolute Gasteiger partial charge is 0.412 e. The summed E-state index contributed by atoms with van der Waals surface area (Å²) in [5, 5.41) is 117. The van der Waals surface area contributed by atoms with E-state index in [1.807, 2.05) is 0 Å². The van der Waals surface area contributed by atoms with Gasteiger partial charge >= 0.3 is 12.2 Å². The molecule has 15 rings (SSSR count). The molecule has 0 radical (unpaired) electrons. The van der Waals surface area contributed by atoms with Crippen molar-refractivity contribution in [2.45, 2.75) is 222 Å². The first-order valence-corrected chi connectivity index (χ1v) is 40.3. The number of alkyl carbamates (subject to hydrolysis) is 1. The maximum Gasteiger partial charge on any atom is 0.412 e. The summed E-state index contributed by atoms with van der Waals surface area (Å²) in [4.78, 5) is 150. The fraction of sp³-hybridized carbons (Fsp3) is 0.512. The van der Waals surface area contributed by atoms with Gasteiger partial charge in [0.15, 0.2) is 11.5 Å². The van der Waals surface area contributed by atoms with Crippen molar-refractivity contribution < 1.29 is 117 Å². The lowest BCUT2D eigenvalue weighted by molar-refractivity contribution is -0.277. The van der Waals surface area contributed by atoms with E-state index in [2.05, 4.69) is 54.8 Å². The van der Waals surface area contributed by atoms with Gasteiger partial charge in [-0.15, -0.1) is 0 Å². The van der Waals surface area contributed by atoms with E-state index < -0.39 is 214 Å². The van der Waals surface area contributed by atoms with Crippen LogP contribution in [0.15, 0.2) is 78.9 Å². The average molecular weight is 1680 g/mol. The van der Waals surface area contributed by atoms with Gasteiger partial charge in [-0.3, -0.25) is 38.4 Å². The van der Waals surface area contributed by atoms with Gasteiger partial charge in [0.25, 0.3) is 0 Å². The number of hydrogen-bond donors (Lipinski definition) is 18. The van der Waals surface area contributed by atoms with Crippen molar-refractivity contribution in [3.63, 3.8) is 0 Å². The molecule has 6 heterocycles. The van der Waals surface area contributed by atoms with Crippen LogP contribution < -0.4 is 72.5 Å². The van der Waals surface area contributed by atoms with Gasteiger partial charge in [0.2, 0.25) is 59.3 Å². The zero-order chi connectivity index (χ0) is 85.0. The number of benzene rings is 5. The van der Waals surface area contributed by atoms with Gasteiger partial charge in [0.05, 0.1) is 23.1 Å². The van der Waals surface area contributed by atoms with Crippen LogP contribution in [0.1, 0.15) is 183 Å². The van der Waals surface area contributed by atoms with Crippen LogP contribution in [0, 0.1) is 29.6 Å². The fourth-order valence-corrected chi connectivity index (χ4v) is 17.2. The molecule has 5 fully saturated rings. The Labute approximate surface area is 688 Å². The van der Waals surface area contributed by atoms with E-state index >= 15 is 28.8 Å². The monoisotopic (exact) mass is 1680 g/mol. The minimum Gasteiger partial charge on any atom is -0.507 e. The molecule has 5 aromatic carbocycles. The molecule has 0 spiro atoms. The quantitative estimate of drug-likeness (QED) is 0.0411. The van der Waals surface area contributed by atoms with Crippen molar-refractivity contribution in [3.05, 3.63) is 117 Å². The number of hydrogen-bond acceptors (Lipinski definition) is 24. The van der Waals surface area contributed by atoms with Crippen molar-refractivity contribution >= 4 is 82.6 Å². The van der Waals surface area contributed by atoms with Gasteiger partial charge in [-0.05, 0) is 178 Å². The lowest BCUT2D eigenvalue weighted by Crippen LogP contribution is -2.60. The third-order valence-electron chi connectivity index (χ3n) is 22.3. The highest BCUT2D eigenvalue weighted by Gasteiger charge is 2.51. The molecule has 34 nitrogen and oxygen atoms in total. The third-order valence-corrected chi connectivity index (χ3v) is 22.9. The number of carbonyl (C=O) groups is 10. The first kappa shape index (κ1) is 87.0. The highest BCUT2D eigenvalue weighted by molar-refractivity contribution is 6.32. The van der Waals surface area contributed by atoms with Crippen molar-refractivity contribution in [3.8, 4) is 57.1 Å². The largest absolute Gasteiger partial charge is 0.507 e. The standard InChI is InChI=1S/C82H100Cl2N10O24/c1-7-8-9-10-11-12-19-86-80(111)113-44-31-46-59(52(97)32-44)45-26-38(13-16-51(45)96)61-74(106)94-65(78(110)92-63(46)76(108)89-60-41-22-36-21-37(24-41)25-42(60)23-36)67(100)40-15-18-54(48(84)28-40)115-56-30-43-29-55(71(56)117-79-70(103)69(102)68(101)57(34-95)116-79)114-53-17-14-39(27-47(53)83)66(99)64(93-72(104)49(20-35(2)3)88-81(112)118-82(4,5)6)77(109)87-50(33-58(85)98)73(105)90-62(43)75(107)91-61/h13-18,26-32,35-37,41-42,49-50,57,60-70,79,95-97,99-103H,7-12,19-25,33-34H2,1-6H3,(H2,85,98)(H,86,111)(H,87,109)(H,88,112)(H,89,108)(H,90,105)(H,91,107)(H,92,110)(H,93,104)(H,94,106)/t36?,37?,41?,42?,49-,50+,57?,60?,61-,62-,63+,64-,65+,66-,67-,68?,69?,70?,79?/m1/s1. The minimum atomic E-state index is -2.37. The zero-order valence-electron chi connectivity index (χ0n) is 65.6. The molecule has 19 N–H and O–H groups in total. The number of carbonyl (C=O) groups excluding carboxylic acids is 10. The average Bonchev–Trinajstić information content (AvgIpc) is 0.756. The van der Waals surface area contributed by atoms with E-state index in [4.69, 9.17) is 57.4 Å². The molecule has 10 aliphatic rings. The number of unbranched alkanes of at least 4 members (excludes halogenated alkanes) is 5. The van der Waals surface area contributed by atoms with Crippen LogP contribution >= 0.6 is 23.2 Å². The molecule has 1 saturated heterocycles. The number of phenolic OH excluding ortho intramolecular Hbond substituents is 2. The summed E-state index contributed by atoms with van der Waals surface area (Å²) in [5.74, 6) is -13.9. The Balaban J connectivity index is 1.04. The van der Waals surface area contributed by atoms with Gasteiger partial charge in [0, 0.05) is 29.8 Å². The SMILES string of the molecule is CCCCCCCCNC(=O)Oc1cc(O)c2c(c1)[C@@H](C(=O)NC1C3CC4CC(C3)CC1C4)NC(=O)[C@H]1NC(=O)[C@H](NC(=O)[C@@H]3NC(=O)[C@H](CC(N)=O)NC(=O)[C@H](NC(=O)[C@@H](CC(C)C)NC(=O)OC(C)(C)C)[C@H](O)c4ccc(c(Cl)c4)Oc4cc3cc(c4OC3OC(CO)C(O)C(O)C3O)Oc3ccc(cc3Cl)[C@H]1O)c1ccc(O)c-2c1. The summed E-state index contributed by atoms with van der Waals surface area (Å²) in [5.41, 5.74) is 2.47. The number of nitrogens with one attached hydrogen (secondary N) is 9. The Morgan fingerprint density at radius 3 is 1.84 bits per heavy atom. The van der Waals surface area contributed by atoms with Crippen molar-refractivity contribution in [2.75, 3.05) is 13.2 Å². The molecule has 36 heteroatoms. The molecule has 636 valence electrons. The maximum absolute atomic E-state index is 16.3. The number of halogens is 2. The predicted molar refractivity (Wildman–Crippen MR) is 420 cm³/mol. The molecule has 14 atom stereocenters. The second kappa shape index (κ2) is 36.9. The summed E-state index contributed by atoms with van der Waals surface area (Å²) in [6, 6.07) is -0.526. The summed E-state index contributed by atoms with van der Waals surface area (Å²) in [6.07, 6.45) is -7.75. The van der Waals surface area contributed by atoms with Crippen LogP contribution in [0.4, 0.5) is 9.59 Å². The number of aromatic hydroxyl groups is 2. The van der Waals surface area contributed by atoms with Crippen molar-refractivity contribution in [1.29, 1.82) is 0 Å². The van der Waals surface area contributed by atoms with Crippen LogP contribution in [0.3, 0.4) is 0 Å². The summed E-state index contributed by atoms with van der Waals surface area (Å²) >= 11 is 14.2. The van der Waals surface area contributed by atoms with E-state index in [1.54, 1.807) is 34.6 Å². The molecule has 15 bridgehead atoms. The number of aliphatic hydroxyl groups is 6. The van der Waals surface area contributed by atoms with Gasteiger partial charge in [-0.1, -0.05) is 94.3 Å². The number of phenols is 2. The predicted octanol–water partition coefficient (Wildman–Crippen LogP) is 5.77. The summed E-state index contributed by atoms with van der Waals surface area (Å²) < 4.78 is 36.6. The number of primary amides is 1. The molecule has 6 aliphatic heterocycles. The summed E-state index contributed by atoms with van der Waals surface area (Å²) in [7, 11) is 0. The van der Waals surface area contributed by atoms with Crippen LogP contribution in [0.2, 0.25) is 10.0 Å². The lowest BCUT2D eigenvalue weighted by Gasteiger charge is -2.54. The Kier molecular flexibility index (Phi) is 27.2. The Hall–Kier alpha value is -10.3. The lowest BCUT2D eigenvalue weighted by atomic mass is 9.54. The van der Waals surface area contributed by atoms with E-state index in [0.717, 1.165) is 119 Å². The molecule has 4 saturated carbocycles. The van der Waals surface area contributed by atoms with Crippen molar-refractivity contribution in [2.24, 2.45) is 35.3 Å². The molecule has 5 aromatic rings. The second-order valence-electron chi connectivity index (χ2n) is 32.7. The topological polar surface area (TPSA) is 522 Å². The molecular formula is C82H100Cl2N10O24. The highest BCUT2D eigenvalue weighted by Crippen LogP contribution is 2.55. The first-order valence-electron chi connectivity index (χ1n) is 39.6. The molecule has 118 heavy (non-hydrogen) atoms. The third kappa shape index (κ3) is 20.0. The summed E-state index contributed by atoms with van der Waals surface area (Å²) in [6.45, 7) is 9.49. The number of nitrogens with two attached hydrogens (primary N) is 1. The van der Waals surface area contributed by atoms with E-state index in [-0.39, 0.29) is 81.3 Å². The Bertz CT molecular complexity index is 4630. The number of aliphatic hydroxyl groups excluding tert-OH is 6. The maximum atomic E-state index is 16.3. The molecular weight excluding hydrogens is 1580 g/mol. The molecule has 0 aromatic heterocycles. The Morgan fingerprint density at radius 2 is 1.23 bits per heavy atom. The van der Waals surface area contributed by atoms with E-state index in [1.165, 1.54) is 24.3 Å². The molecule has 4 aliphatic carbocycles. The van der Waals surface area contributed by atoms with Crippen LogP contribution in [0.25, 0.3) is 11.1 Å². The normalized spacial score (nSPS) is 27.6. The first-order chi connectivity index (χ1) is 56.0. The highest BCUT2D eigenvalue weighted by atomic mass is 35.5. The minimum absolute atomic E-state index is 0.0376. The Morgan fingerprint density at radius 1 is 0.627 bits per heavy atom. The molecule has 5 unspecified atom stereocenters. The number of fused-ring (bicyclic) bond motifs is 15. The van der Waals surface area contributed by atoms with Gasteiger partial charge in [0.1, 0.15) is 113 Å². The number of ether oxygens (including phenoxy) is 6. The number of amides is 10. The van der Waals surface area contributed by atoms with Gasteiger partial charge < -0.3 is 123 Å². The van der Waals surface area contributed by atoms with Crippen LogP contribution in [0.5, 0.6) is 46.0 Å². The van der Waals surface area contributed by atoms with Crippen LogP contribution in [-0.4, -0.2) is 180 Å². The van der Waals surface area contributed by atoms with Gasteiger partial charge in [-0.25, -0.2) is 9.59 Å².